The number of nitrogens with zero attached hydrogens (tertiary/aromatic N) is 3. The number of primary amides is 1. The van der Waals surface area contributed by atoms with E-state index in [9.17, 15) is 31.5 Å². The van der Waals surface area contributed by atoms with Gasteiger partial charge in [-0.2, -0.15) is 18.3 Å². The monoisotopic (exact) mass is 509 g/mol. The van der Waals surface area contributed by atoms with Crippen molar-refractivity contribution in [2.24, 2.45) is 5.73 Å². The van der Waals surface area contributed by atoms with Crippen molar-refractivity contribution >= 4 is 39.1 Å². The summed E-state index contributed by atoms with van der Waals surface area (Å²) in [4.78, 5) is 28.2. The molecule has 1 aromatic carbocycles. The van der Waals surface area contributed by atoms with Gasteiger partial charge in [0.05, 0.1) is 11.4 Å². The van der Waals surface area contributed by atoms with Crippen molar-refractivity contribution < 1.29 is 31.5 Å². The Balaban J connectivity index is 1.86. The molecule has 0 saturated heterocycles. The van der Waals surface area contributed by atoms with Crippen LogP contribution in [0.25, 0.3) is 21.3 Å². The maximum Gasteiger partial charge on any atom is 0.433 e. The number of aryl methyl sites for hydroxylation is 1. The summed E-state index contributed by atoms with van der Waals surface area (Å²) < 4.78 is 68.0. The van der Waals surface area contributed by atoms with Gasteiger partial charge in [0.1, 0.15) is 27.6 Å². The normalized spacial score (nSPS) is 11.9. The quantitative estimate of drug-likeness (QED) is 0.351. The fraction of sp³-hybridized carbons (Fsp3) is 0.182. The first-order chi connectivity index (χ1) is 16.5. The molecule has 0 unspecified atom stereocenters. The number of carbonyl (C=O) groups is 2. The van der Waals surface area contributed by atoms with Crippen molar-refractivity contribution in [2.75, 3.05) is 5.32 Å². The lowest BCUT2D eigenvalue weighted by atomic mass is 10.0. The number of nitrogens with one attached hydrogen (secondary N) is 1. The fourth-order valence-corrected chi connectivity index (χ4v) is 4.57. The molecule has 3 N–H and O–H groups in total. The van der Waals surface area contributed by atoms with E-state index in [0.29, 0.717) is 16.9 Å². The van der Waals surface area contributed by atoms with Gasteiger partial charge in [-0.3, -0.25) is 14.3 Å². The minimum Gasteiger partial charge on any atom is -0.365 e. The van der Waals surface area contributed by atoms with Gasteiger partial charge >= 0.3 is 6.18 Å². The van der Waals surface area contributed by atoms with Crippen LogP contribution >= 0.6 is 11.3 Å². The molecule has 0 saturated carbocycles. The van der Waals surface area contributed by atoms with E-state index in [1.807, 2.05) is 0 Å². The van der Waals surface area contributed by atoms with Gasteiger partial charge in [-0.25, -0.2) is 13.8 Å². The van der Waals surface area contributed by atoms with Crippen molar-refractivity contribution in [3.8, 4) is 11.1 Å². The van der Waals surface area contributed by atoms with Crippen LogP contribution in [-0.2, 0) is 17.5 Å². The van der Waals surface area contributed by atoms with E-state index in [-0.39, 0.29) is 32.0 Å². The van der Waals surface area contributed by atoms with Crippen LogP contribution in [0.5, 0.6) is 0 Å². The van der Waals surface area contributed by atoms with Gasteiger partial charge in [0.25, 0.3) is 12.3 Å². The topological polar surface area (TPSA) is 103 Å². The Bertz CT molecular complexity index is 1430. The average molecular weight is 509 g/mol. The standard InChI is InChI=1S/C22H16F5N5O2S/c1-10-7-13(19(23)24)32(31-10)9-15(33)30-17-16-12(11-5-3-2-4-6-11)8-14(22(25,26)27)29-21(16)35-18(17)20(28)34/h2-8,19H,9H2,1H3,(H2,28,34)(H,30,33). The SMILES string of the molecule is Cc1cc(C(F)F)n(CC(=O)Nc2c(C(N)=O)sc3nc(C(F)(F)F)cc(-c4ccccc4)c23)n1. The Kier molecular flexibility index (Phi) is 6.28. The molecule has 7 nitrogen and oxygen atoms in total. The lowest BCUT2D eigenvalue weighted by Gasteiger charge is -2.13. The van der Waals surface area contributed by atoms with Crippen LogP contribution in [0.3, 0.4) is 0 Å². The molecule has 0 spiro atoms. The number of amides is 2. The summed E-state index contributed by atoms with van der Waals surface area (Å²) in [5.74, 6) is -1.84. The number of rotatable bonds is 6. The van der Waals surface area contributed by atoms with Gasteiger partial charge in [0.15, 0.2) is 0 Å². The number of pyridine rings is 1. The third-order valence-corrected chi connectivity index (χ3v) is 6.07. The summed E-state index contributed by atoms with van der Waals surface area (Å²) in [5, 5.41) is 6.40. The highest BCUT2D eigenvalue weighted by Gasteiger charge is 2.35. The maximum absolute atomic E-state index is 13.5. The third-order valence-electron chi connectivity index (χ3n) is 4.98. The number of carbonyl (C=O) groups excluding carboxylic acids is 2. The second kappa shape index (κ2) is 9.06. The van der Waals surface area contributed by atoms with Gasteiger partial charge in [-0.05, 0) is 30.2 Å². The highest BCUT2D eigenvalue weighted by molar-refractivity contribution is 7.21. The first kappa shape index (κ1) is 24.3. The van der Waals surface area contributed by atoms with Gasteiger partial charge in [-0.1, -0.05) is 30.3 Å². The molecule has 0 aliphatic heterocycles. The number of hydrogen-bond donors (Lipinski definition) is 2. The summed E-state index contributed by atoms with van der Waals surface area (Å²) in [5.41, 5.74) is 4.32. The summed E-state index contributed by atoms with van der Waals surface area (Å²) in [6.45, 7) is 0.853. The molecule has 3 aromatic heterocycles. The molecule has 13 heteroatoms. The van der Waals surface area contributed by atoms with Crippen LogP contribution in [0.4, 0.5) is 27.6 Å². The van der Waals surface area contributed by atoms with Gasteiger partial charge in [-0.15, -0.1) is 11.3 Å². The van der Waals surface area contributed by atoms with Crippen molar-refractivity contribution in [1.29, 1.82) is 0 Å². The van der Waals surface area contributed by atoms with E-state index in [1.165, 1.54) is 6.92 Å². The van der Waals surface area contributed by atoms with Crippen molar-refractivity contribution in [3.05, 3.63) is 64.4 Å². The van der Waals surface area contributed by atoms with Crippen LogP contribution < -0.4 is 11.1 Å². The Labute approximate surface area is 198 Å². The molecule has 35 heavy (non-hydrogen) atoms. The summed E-state index contributed by atoms with van der Waals surface area (Å²) in [6, 6.07) is 9.96. The molecule has 2 amide bonds. The number of benzene rings is 1. The molecule has 0 fully saturated rings. The zero-order chi connectivity index (χ0) is 25.5. The van der Waals surface area contributed by atoms with Crippen molar-refractivity contribution in [2.45, 2.75) is 26.1 Å². The first-order valence-electron chi connectivity index (χ1n) is 9.98. The Morgan fingerprint density at radius 1 is 1.17 bits per heavy atom. The lowest BCUT2D eigenvalue weighted by molar-refractivity contribution is -0.140. The van der Waals surface area contributed by atoms with Gasteiger partial charge in [0, 0.05) is 5.39 Å². The van der Waals surface area contributed by atoms with E-state index >= 15 is 0 Å². The number of halogens is 5. The van der Waals surface area contributed by atoms with Crippen LogP contribution in [0.1, 0.15) is 33.2 Å². The highest BCUT2D eigenvalue weighted by Crippen LogP contribution is 2.43. The van der Waals surface area contributed by atoms with Crippen molar-refractivity contribution in [3.63, 3.8) is 0 Å². The molecule has 4 rings (SSSR count). The van der Waals surface area contributed by atoms with E-state index in [0.717, 1.165) is 16.8 Å². The first-order valence-corrected chi connectivity index (χ1v) is 10.8. The molecule has 0 atom stereocenters. The van der Waals surface area contributed by atoms with E-state index in [1.54, 1.807) is 30.3 Å². The van der Waals surface area contributed by atoms with Crippen LogP contribution in [-0.4, -0.2) is 26.6 Å². The number of nitrogens with two attached hydrogens (primary N) is 1. The minimum atomic E-state index is -4.78. The van der Waals surface area contributed by atoms with Crippen molar-refractivity contribution in [1.82, 2.24) is 14.8 Å². The second-order valence-electron chi connectivity index (χ2n) is 7.49. The van der Waals surface area contributed by atoms with E-state index < -0.39 is 42.3 Å². The Hall–Kier alpha value is -3.87. The van der Waals surface area contributed by atoms with E-state index in [2.05, 4.69) is 15.4 Å². The molecule has 0 radical (unpaired) electrons. The lowest BCUT2D eigenvalue weighted by Crippen LogP contribution is -2.22. The Morgan fingerprint density at radius 2 is 1.86 bits per heavy atom. The molecule has 0 aliphatic carbocycles. The Morgan fingerprint density at radius 3 is 2.46 bits per heavy atom. The second-order valence-corrected chi connectivity index (χ2v) is 8.49. The highest BCUT2D eigenvalue weighted by atomic mass is 32.1. The van der Waals surface area contributed by atoms with E-state index in [4.69, 9.17) is 5.73 Å². The average Bonchev–Trinajstić information content (AvgIpc) is 3.33. The third kappa shape index (κ3) is 4.85. The number of aromatic nitrogens is 3. The number of alkyl halides is 5. The molecule has 182 valence electrons. The number of anilines is 1. The zero-order valence-corrected chi connectivity index (χ0v) is 18.7. The minimum absolute atomic E-state index is 0.0604. The fourth-order valence-electron chi connectivity index (χ4n) is 3.56. The molecule has 0 bridgehead atoms. The summed E-state index contributed by atoms with van der Waals surface area (Å²) in [6.07, 6.45) is -7.66. The molecular weight excluding hydrogens is 493 g/mol. The van der Waals surface area contributed by atoms with Crippen LogP contribution in [0.2, 0.25) is 0 Å². The zero-order valence-electron chi connectivity index (χ0n) is 17.9. The predicted octanol–water partition coefficient (Wildman–Crippen LogP) is 5.16. The maximum atomic E-state index is 13.5. The molecule has 3 heterocycles. The van der Waals surface area contributed by atoms with Crippen LogP contribution in [0.15, 0.2) is 42.5 Å². The van der Waals surface area contributed by atoms with Gasteiger partial charge < -0.3 is 11.1 Å². The molecule has 4 aromatic rings. The summed E-state index contributed by atoms with van der Waals surface area (Å²) >= 11 is 0.589. The largest absolute Gasteiger partial charge is 0.433 e. The number of hydrogen-bond acceptors (Lipinski definition) is 5. The van der Waals surface area contributed by atoms with Crippen LogP contribution in [0, 0.1) is 6.92 Å². The number of fused-ring (bicyclic) bond motifs is 1. The van der Waals surface area contributed by atoms with Gasteiger partial charge in [0.2, 0.25) is 5.91 Å². The molecular formula is C22H16F5N5O2S. The number of thiophene rings is 1. The predicted molar refractivity (Wildman–Crippen MR) is 119 cm³/mol. The molecule has 0 aliphatic rings. The smallest absolute Gasteiger partial charge is 0.365 e. The summed E-state index contributed by atoms with van der Waals surface area (Å²) in [7, 11) is 0.